The van der Waals surface area contributed by atoms with Crippen LogP contribution in [0, 0.1) is 0 Å². The number of nitrogens with zero attached hydrogens (tertiary/aromatic N) is 3. The van der Waals surface area contributed by atoms with E-state index in [0.29, 0.717) is 50.9 Å². The molecule has 1 saturated heterocycles. The van der Waals surface area contributed by atoms with Crippen molar-refractivity contribution in [1.29, 1.82) is 0 Å². The predicted molar refractivity (Wildman–Crippen MR) is 108 cm³/mol. The van der Waals surface area contributed by atoms with Gasteiger partial charge in [0, 0.05) is 44.5 Å². The van der Waals surface area contributed by atoms with Crippen molar-refractivity contribution in [1.82, 2.24) is 14.5 Å². The number of benzene rings is 1. The topological polar surface area (TPSA) is 116 Å². The highest BCUT2D eigenvalue weighted by Crippen LogP contribution is 2.31. The van der Waals surface area contributed by atoms with Gasteiger partial charge in [-0.1, -0.05) is 0 Å². The van der Waals surface area contributed by atoms with Gasteiger partial charge in [-0.3, -0.25) is 14.6 Å². The summed E-state index contributed by atoms with van der Waals surface area (Å²) in [5, 5.41) is 3.00. The molecule has 10 heteroatoms. The Morgan fingerprint density at radius 2 is 1.83 bits per heavy atom. The van der Waals surface area contributed by atoms with Crippen LogP contribution in [0.3, 0.4) is 0 Å². The number of fused-ring (bicyclic) bond motifs is 1. The van der Waals surface area contributed by atoms with E-state index in [1.807, 2.05) is 11.8 Å². The lowest BCUT2D eigenvalue weighted by molar-refractivity contribution is -0.126. The summed E-state index contributed by atoms with van der Waals surface area (Å²) in [6.07, 6.45) is 2.67. The van der Waals surface area contributed by atoms with E-state index < -0.39 is 16.1 Å². The van der Waals surface area contributed by atoms with Gasteiger partial charge in [-0.2, -0.15) is 4.31 Å². The molecule has 2 fully saturated rings. The SMILES string of the molecule is C[C@H](C(=O)NC1CC1)N1CCN(S(=O)(=O)c2ccc3c(c2)CCN3C(N)=O)CC1. The van der Waals surface area contributed by atoms with Gasteiger partial charge < -0.3 is 11.1 Å². The molecule has 158 valence electrons. The van der Waals surface area contributed by atoms with Crippen molar-refractivity contribution in [3.8, 4) is 0 Å². The number of nitrogens with one attached hydrogen (secondary N) is 1. The fourth-order valence-corrected chi connectivity index (χ4v) is 5.44. The molecule has 1 atom stereocenters. The first-order chi connectivity index (χ1) is 13.8. The Hall–Kier alpha value is -2.17. The number of amides is 3. The van der Waals surface area contributed by atoms with Crippen LogP contribution < -0.4 is 16.0 Å². The molecule has 1 aromatic carbocycles. The van der Waals surface area contributed by atoms with Gasteiger partial charge in [-0.15, -0.1) is 0 Å². The summed E-state index contributed by atoms with van der Waals surface area (Å²) in [6, 6.07) is 4.35. The quantitative estimate of drug-likeness (QED) is 0.700. The molecule has 0 unspecified atom stereocenters. The summed E-state index contributed by atoms with van der Waals surface area (Å²) in [7, 11) is -3.63. The largest absolute Gasteiger partial charge is 0.352 e. The van der Waals surface area contributed by atoms with Crippen LogP contribution in [0.5, 0.6) is 0 Å². The highest BCUT2D eigenvalue weighted by molar-refractivity contribution is 7.89. The van der Waals surface area contributed by atoms with E-state index in [0.717, 1.165) is 18.4 Å². The third kappa shape index (κ3) is 3.96. The van der Waals surface area contributed by atoms with Crippen molar-refractivity contribution in [2.24, 2.45) is 5.73 Å². The van der Waals surface area contributed by atoms with Crippen molar-refractivity contribution in [3.05, 3.63) is 23.8 Å². The highest BCUT2D eigenvalue weighted by Gasteiger charge is 2.34. The number of piperazine rings is 1. The fourth-order valence-electron chi connectivity index (χ4n) is 3.96. The zero-order chi connectivity index (χ0) is 20.8. The average molecular weight is 422 g/mol. The number of hydrogen-bond acceptors (Lipinski definition) is 5. The van der Waals surface area contributed by atoms with E-state index in [4.69, 9.17) is 5.73 Å². The second-order valence-electron chi connectivity index (χ2n) is 7.93. The minimum atomic E-state index is -3.63. The van der Waals surface area contributed by atoms with Gasteiger partial charge in [-0.25, -0.2) is 13.2 Å². The summed E-state index contributed by atoms with van der Waals surface area (Å²) in [4.78, 5) is 27.4. The van der Waals surface area contributed by atoms with E-state index in [9.17, 15) is 18.0 Å². The molecule has 1 aliphatic carbocycles. The molecule has 29 heavy (non-hydrogen) atoms. The van der Waals surface area contributed by atoms with Gasteiger partial charge in [0.2, 0.25) is 15.9 Å². The highest BCUT2D eigenvalue weighted by atomic mass is 32.2. The number of nitrogens with two attached hydrogens (primary N) is 1. The molecule has 0 aromatic heterocycles. The molecule has 3 N–H and O–H groups in total. The number of primary amides is 1. The van der Waals surface area contributed by atoms with Crippen molar-refractivity contribution >= 4 is 27.6 Å². The van der Waals surface area contributed by atoms with E-state index in [1.165, 1.54) is 15.3 Å². The van der Waals surface area contributed by atoms with Crippen LogP contribution in [0.4, 0.5) is 10.5 Å². The Morgan fingerprint density at radius 1 is 1.14 bits per heavy atom. The maximum Gasteiger partial charge on any atom is 0.319 e. The van der Waals surface area contributed by atoms with Gasteiger partial charge in [0.1, 0.15) is 0 Å². The second kappa shape index (κ2) is 7.58. The number of hydrogen-bond donors (Lipinski definition) is 2. The number of rotatable bonds is 5. The average Bonchev–Trinajstić information content (AvgIpc) is 3.41. The molecule has 2 heterocycles. The molecule has 9 nitrogen and oxygen atoms in total. The monoisotopic (exact) mass is 421 g/mol. The molecule has 3 amide bonds. The van der Waals surface area contributed by atoms with Crippen molar-refractivity contribution in [2.45, 2.75) is 43.2 Å². The molecule has 1 aromatic rings. The molecule has 1 saturated carbocycles. The van der Waals surface area contributed by atoms with Crippen LogP contribution in [0.2, 0.25) is 0 Å². The maximum atomic E-state index is 13.1. The minimum Gasteiger partial charge on any atom is -0.352 e. The van der Waals surface area contributed by atoms with Crippen molar-refractivity contribution in [3.63, 3.8) is 0 Å². The summed E-state index contributed by atoms with van der Waals surface area (Å²) in [6.45, 7) is 4.04. The molecule has 4 rings (SSSR count). The van der Waals surface area contributed by atoms with E-state index >= 15 is 0 Å². The smallest absolute Gasteiger partial charge is 0.319 e. The Kier molecular flexibility index (Phi) is 5.26. The first-order valence-electron chi connectivity index (χ1n) is 10.0. The van der Waals surface area contributed by atoms with Crippen LogP contribution >= 0.6 is 0 Å². The number of urea groups is 1. The van der Waals surface area contributed by atoms with Crippen LogP contribution in [0.25, 0.3) is 0 Å². The molecule has 0 radical (unpaired) electrons. The van der Waals surface area contributed by atoms with Gasteiger partial charge >= 0.3 is 6.03 Å². The van der Waals surface area contributed by atoms with Crippen LogP contribution in [-0.2, 0) is 21.2 Å². The van der Waals surface area contributed by atoms with Crippen LogP contribution in [-0.4, -0.2) is 74.4 Å². The standard InChI is InChI=1S/C19H27N5O4S/c1-13(18(25)21-15-2-3-15)22-8-10-23(11-9-22)29(27,28)16-4-5-17-14(12-16)6-7-24(17)19(20)26/h4-5,12-13,15H,2-3,6-11H2,1H3,(H2,20,26)(H,21,25)/t13-/m1/s1. The van der Waals surface area contributed by atoms with E-state index in [-0.39, 0.29) is 16.8 Å². The van der Waals surface area contributed by atoms with Gasteiger partial charge in [0.15, 0.2) is 0 Å². The Balaban J connectivity index is 1.41. The number of carbonyl (C=O) groups excluding carboxylic acids is 2. The summed E-state index contributed by atoms with van der Waals surface area (Å²) in [5.74, 6) is 0.0152. The molecule has 3 aliphatic rings. The Morgan fingerprint density at radius 3 is 2.45 bits per heavy atom. The molecule has 0 bridgehead atoms. The Bertz CT molecular complexity index is 923. The molecular formula is C19H27N5O4S. The fraction of sp³-hybridized carbons (Fsp3) is 0.579. The maximum absolute atomic E-state index is 13.1. The number of anilines is 1. The summed E-state index contributed by atoms with van der Waals surface area (Å²) >= 11 is 0. The minimum absolute atomic E-state index is 0.0152. The molecular weight excluding hydrogens is 394 g/mol. The first kappa shape index (κ1) is 20.1. The third-order valence-corrected chi connectivity index (χ3v) is 7.87. The van der Waals surface area contributed by atoms with E-state index in [1.54, 1.807) is 12.1 Å². The molecule has 2 aliphatic heterocycles. The lowest BCUT2D eigenvalue weighted by Gasteiger charge is -2.36. The zero-order valence-electron chi connectivity index (χ0n) is 16.5. The predicted octanol–water partition coefficient (Wildman–Crippen LogP) is 0.101. The summed E-state index contributed by atoms with van der Waals surface area (Å²) in [5.41, 5.74) is 6.86. The third-order valence-electron chi connectivity index (χ3n) is 5.97. The Labute approximate surface area is 170 Å². The van der Waals surface area contributed by atoms with E-state index in [2.05, 4.69) is 5.32 Å². The first-order valence-corrected chi connectivity index (χ1v) is 11.5. The normalized spacial score (nSPS) is 21.6. The zero-order valence-corrected chi connectivity index (χ0v) is 17.3. The number of carbonyl (C=O) groups is 2. The van der Waals surface area contributed by atoms with Gasteiger partial charge in [0.05, 0.1) is 10.9 Å². The second-order valence-corrected chi connectivity index (χ2v) is 9.87. The van der Waals surface area contributed by atoms with Crippen LogP contribution in [0.1, 0.15) is 25.3 Å². The lowest BCUT2D eigenvalue weighted by atomic mass is 10.2. The van der Waals surface area contributed by atoms with Gasteiger partial charge in [-0.05, 0) is 49.9 Å². The van der Waals surface area contributed by atoms with Gasteiger partial charge in [0.25, 0.3) is 0 Å². The van der Waals surface area contributed by atoms with Crippen molar-refractivity contribution < 1.29 is 18.0 Å². The molecule has 0 spiro atoms. The van der Waals surface area contributed by atoms with Crippen LogP contribution in [0.15, 0.2) is 23.1 Å². The van der Waals surface area contributed by atoms with Crippen molar-refractivity contribution in [2.75, 3.05) is 37.6 Å². The summed E-state index contributed by atoms with van der Waals surface area (Å²) < 4.78 is 27.6. The lowest BCUT2D eigenvalue weighted by Crippen LogP contribution is -2.55. The number of sulfonamides is 1.